The number of hydrogen-bond acceptors (Lipinski definition) is 4. The molecule has 21 heavy (non-hydrogen) atoms. The minimum atomic E-state index is -3.10. The van der Waals surface area contributed by atoms with Crippen molar-refractivity contribution in [3.8, 4) is 0 Å². The molecule has 1 N–H and O–H groups in total. The van der Waals surface area contributed by atoms with Crippen molar-refractivity contribution in [3.63, 3.8) is 0 Å². The lowest BCUT2D eigenvalue weighted by Gasteiger charge is -2.26. The van der Waals surface area contributed by atoms with Crippen molar-refractivity contribution < 1.29 is 8.42 Å². The van der Waals surface area contributed by atoms with Crippen LogP contribution in [0, 0.1) is 13.8 Å². The Kier molecular flexibility index (Phi) is 5.73. The summed E-state index contributed by atoms with van der Waals surface area (Å²) in [7, 11) is -3.10. The maximum absolute atomic E-state index is 11.1. The van der Waals surface area contributed by atoms with E-state index in [1.54, 1.807) is 11.8 Å². The third-order valence-corrected chi connectivity index (χ3v) is 5.67. The van der Waals surface area contributed by atoms with E-state index in [1.165, 1.54) is 44.1 Å². The highest BCUT2D eigenvalue weighted by Crippen LogP contribution is 2.34. The number of aromatic nitrogens is 2. The van der Waals surface area contributed by atoms with E-state index in [1.807, 2.05) is 6.92 Å². The molecule has 0 saturated heterocycles. The van der Waals surface area contributed by atoms with Gasteiger partial charge in [0, 0.05) is 24.0 Å². The minimum absolute atomic E-state index is 0.444. The molecular weight excluding hydrogens is 306 g/mol. The number of aryl methyl sites for hydroxylation is 1. The quantitative estimate of drug-likeness (QED) is 0.643. The molecular formula is C14H25N3O2S2. The van der Waals surface area contributed by atoms with Crippen molar-refractivity contribution >= 4 is 21.8 Å². The minimum Gasteiger partial charge on any atom is -0.320 e. The molecule has 0 aliphatic heterocycles. The van der Waals surface area contributed by atoms with Gasteiger partial charge in [0.2, 0.25) is 10.0 Å². The highest BCUT2D eigenvalue weighted by Gasteiger charge is 2.21. The van der Waals surface area contributed by atoms with Crippen molar-refractivity contribution in [2.24, 2.45) is 0 Å². The highest BCUT2D eigenvalue weighted by atomic mass is 32.2. The first-order valence-corrected chi connectivity index (χ1v) is 10.4. The average molecular weight is 332 g/mol. The van der Waals surface area contributed by atoms with Crippen molar-refractivity contribution in [3.05, 3.63) is 11.4 Å². The highest BCUT2D eigenvalue weighted by molar-refractivity contribution is 7.99. The number of nitrogens with zero attached hydrogens (tertiary/aromatic N) is 2. The Bertz CT molecular complexity index is 575. The van der Waals surface area contributed by atoms with Crippen LogP contribution in [0.2, 0.25) is 0 Å². The van der Waals surface area contributed by atoms with Gasteiger partial charge in [-0.1, -0.05) is 31.0 Å². The number of thioether (sulfide) groups is 1. The SMILES string of the molecule is Cc1nc(SCCNS(C)(=O)=O)n(C2CCCCC2)c1C. The lowest BCUT2D eigenvalue weighted by atomic mass is 9.95. The number of sulfonamides is 1. The maximum Gasteiger partial charge on any atom is 0.208 e. The van der Waals surface area contributed by atoms with Crippen LogP contribution in [0.25, 0.3) is 0 Å². The second-order valence-electron chi connectivity index (χ2n) is 5.74. The first-order valence-electron chi connectivity index (χ1n) is 7.51. The van der Waals surface area contributed by atoms with Gasteiger partial charge in [-0.05, 0) is 26.7 Å². The Morgan fingerprint density at radius 1 is 1.29 bits per heavy atom. The molecule has 0 bridgehead atoms. The van der Waals surface area contributed by atoms with E-state index < -0.39 is 10.0 Å². The van der Waals surface area contributed by atoms with Crippen LogP contribution in [0.4, 0.5) is 0 Å². The summed E-state index contributed by atoms with van der Waals surface area (Å²) in [4.78, 5) is 4.67. The van der Waals surface area contributed by atoms with Crippen molar-refractivity contribution in [1.29, 1.82) is 0 Å². The van der Waals surface area contributed by atoms with Gasteiger partial charge in [-0.2, -0.15) is 0 Å². The third kappa shape index (κ3) is 4.72. The van der Waals surface area contributed by atoms with Crippen LogP contribution in [0.15, 0.2) is 5.16 Å². The maximum atomic E-state index is 11.1. The van der Waals surface area contributed by atoms with Gasteiger partial charge in [-0.3, -0.25) is 0 Å². The van der Waals surface area contributed by atoms with Gasteiger partial charge < -0.3 is 4.57 Å². The lowest BCUT2D eigenvalue weighted by Crippen LogP contribution is -2.24. The van der Waals surface area contributed by atoms with Crippen molar-refractivity contribution in [1.82, 2.24) is 14.3 Å². The summed E-state index contributed by atoms with van der Waals surface area (Å²) in [5, 5.41) is 1.03. The fourth-order valence-electron chi connectivity index (χ4n) is 2.84. The Balaban J connectivity index is 2.03. The molecule has 1 aromatic heterocycles. The van der Waals surface area contributed by atoms with Crippen LogP contribution in [0.1, 0.15) is 49.5 Å². The van der Waals surface area contributed by atoms with Crippen LogP contribution in [-0.4, -0.2) is 36.5 Å². The Morgan fingerprint density at radius 2 is 1.95 bits per heavy atom. The second kappa shape index (κ2) is 7.15. The molecule has 1 saturated carbocycles. The molecule has 2 rings (SSSR count). The molecule has 0 aromatic carbocycles. The van der Waals surface area contributed by atoms with Crippen molar-refractivity contribution in [2.75, 3.05) is 18.6 Å². The summed E-state index contributed by atoms with van der Waals surface area (Å²) >= 11 is 1.64. The zero-order valence-electron chi connectivity index (χ0n) is 13.1. The van der Waals surface area contributed by atoms with Crippen LogP contribution in [0.3, 0.4) is 0 Å². The van der Waals surface area contributed by atoms with Crippen molar-refractivity contribution in [2.45, 2.75) is 57.1 Å². The zero-order valence-corrected chi connectivity index (χ0v) is 14.7. The monoisotopic (exact) mass is 331 g/mol. The Hall–Kier alpha value is -0.530. The molecule has 1 aromatic rings. The lowest BCUT2D eigenvalue weighted by molar-refractivity contribution is 0.332. The average Bonchev–Trinajstić information content (AvgIpc) is 2.70. The summed E-state index contributed by atoms with van der Waals surface area (Å²) in [6.07, 6.45) is 7.57. The molecule has 0 spiro atoms. The van der Waals surface area contributed by atoms with E-state index >= 15 is 0 Å². The molecule has 7 heteroatoms. The van der Waals surface area contributed by atoms with Gasteiger partial charge in [0.1, 0.15) is 0 Å². The zero-order chi connectivity index (χ0) is 15.5. The molecule has 1 heterocycles. The molecule has 120 valence electrons. The molecule has 1 aliphatic rings. The van der Waals surface area contributed by atoms with E-state index in [0.29, 0.717) is 18.3 Å². The molecule has 0 radical (unpaired) electrons. The number of imidazole rings is 1. The second-order valence-corrected chi connectivity index (χ2v) is 8.64. The van der Waals surface area contributed by atoms with Crippen LogP contribution < -0.4 is 4.72 Å². The van der Waals surface area contributed by atoms with Crippen LogP contribution in [0.5, 0.6) is 0 Å². The number of rotatable bonds is 6. The fourth-order valence-corrected chi connectivity index (χ4v) is 4.45. The van der Waals surface area contributed by atoms with E-state index in [4.69, 9.17) is 0 Å². The smallest absolute Gasteiger partial charge is 0.208 e. The standard InChI is InChI=1S/C14H25N3O2S2/c1-11-12(2)17(13-7-5-4-6-8-13)14(16-11)20-10-9-15-21(3,18)19/h13,15H,4-10H2,1-3H3. The normalized spacial score (nSPS) is 17.3. The number of hydrogen-bond donors (Lipinski definition) is 1. The summed E-state index contributed by atoms with van der Waals surface area (Å²) in [5.74, 6) is 0.704. The largest absolute Gasteiger partial charge is 0.320 e. The van der Waals surface area contributed by atoms with Gasteiger partial charge in [0.05, 0.1) is 11.9 Å². The summed E-state index contributed by atoms with van der Waals surface area (Å²) in [6, 6.07) is 0.560. The predicted molar refractivity (Wildman–Crippen MR) is 87.4 cm³/mol. The fraction of sp³-hybridized carbons (Fsp3) is 0.786. The van der Waals surface area contributed by atoms with E-state index in [2.05, 4.69) is 21.2 Å². The summed E-state index contributed by atoms with van der Waals surface area (Å²) < 4.78 is 27.0. The number of nitrogens with one attached hydrogen (secondary N) is 1. The van der Waals surface area contributed by atoms with Gasteiger partial charge in [-0.15, -0.1) is 0 Å². The molecule has 0 atom stereocenters. The van der Waals surface area contributed by atoms with Gasteiger partial charge in [0.25, 0.3) is 0 Å². The van der Waals surface area contributed by atoms with Crippen LogP contribution >= 0.6 is 11.8 Å². The molecule has 5 nitrogen and oxygen atoms in total. The molecule has 1 aliphatic carbocycles. The molecule has 1 fully saturated rings. The summed E-state index contributed by atoms with van der Waals surface area (Å²) in [6.45, 7) is 4.63. The Labute approximate surface area is 132 Å². The summed E-state index contributed by atoms with van der Waals surface area (Å²) in [5.41, 5.74) is 2.33. The molecule has 0 unspecified atom stereocenters. The van der Waals surface area contributed by atoms with E-state index in [-0.39, 0.29) is 0 Å². The first kappa shape index (κ1) is 16.8. The Morgan fingerprint density at radius 3 is 2.57 bits per heavy atom. The van der Waals surface area contributed by atoms with E-state index in [9.17, 15) is 8.42 Å². The van der Waals surface area contributed by atoms with Gasteiger partial charge >= 0.3 is 0 Å². The predicted octanol–water partition coefficient (Wildman–Crippen LogP) is 2.65. The molecule has 0 amide bonds. The van der Waals surface area contributed by atoms with Gasteiger partial charge in [0.15, 0.2) is 5.16 Å². The first-order chi connectivity index (χ1) is 9.88. The third-order valence-electron chi connectivity index (χ3n) is 3.99. The van der Waals surface area contributed by atoms with Gasteiger partial charge in [-0.25, -0.2) is 18.1 Å². The van der Waals surface area contributed by atoms with E-state index in [0.717, 1.165) is 10.9 Å². The topological polar surface area (TPSA) is 64.0 Å². The van der Waals surface area contributed by atoms with Crippen LogP contribution in [-0.2, 0) is 10.0 Å².